The molecule has 0 spiro atoms. The number of nitrogens with zero attached hydrogens (tertiary/aromatic N) is 5. The maximum absolute atomic E-state index is 5.19. The first-order valence-corrected chi connectivity index (χ1v) is 23.9. The van der Waals surface area contributed by atoms with Crippen LogP contribution in [0.25, 0.3) is 111 Å². The van der Waals surface area contributed by atoms with Gasteiger partial charge in [0.1, 0.15) is 0 Å². The van der Waals surface area contributed by atoms with Crippen molar-refractivity contribution in [2.45, 2.75) is 0 Å². The quantitative estimate of drug-likeness (QED) is 0.144. The van der Waals surface area contributed by atoms with E-state index in [0.717, 1.165) is 106 Å². The van der Waals surface area contributed by atoms with E-state index in [9.17, 15) is 0 Å². The van der Waals surface area contributed by atoms with E-state index in [1.165, 1.54) is 21.5 Å². The van der Waals surface area contributed by atoms with Crippen molar-refractivity contribution in [3.8, 4) is 67.3 Å². The van der Waals surface area contributed by atoms with Gasteiger partial charge in [-0.15, -0.1) is 0 Å². The Morgan fingerprint density at radius 1 is 0.197 bits per heavy atom. The van der Waals surface area contributed by atoms with Crippen LogP contribution in [0.4, 0.5) is 17.1 Å². The summed E-state index contributed by atoms with van der Waals surface area (Å²) in [5.74, 6) is 0. The number of hydrogen-bond donors (Lipinski definition) is 0. The summed E-state index contributed by atoms with van der Waals surface area (Å²) >= 11 is 0. The molecule has 71 heavy (non-hydrogen) atoms. The van der Waals surface area contributed by atoms with Gasteiger partial charge < -0.3 is 4.90 Å². The SMILES string of the molecule is c1ccc(N(c2ccc(-c3ccc(-c4nc5ccccc5nc4-c4ccc5ccccc5c4)cc3)cc2)c2ccc(-c3ccc(-c4nc5ccccc5nc4-c4ccc5ccccc5c4)cc3)cc2)cc1. The Hall–Kier alpha value is -9.58. The lowest BCUT2D eigenvalue weighted by molar-refractivity contribution is 1.28. The first-order valence-electron chi connectivity index (χ1n) is 23.9. The Bertz CT molecular complexity index is 3830. The minimum Gasteiger partial charge on any atom is -0.311 e. The van der Waals surface area contributed by atoms with Gasteiger partial charge in [-0.05, 0) is 117 Å². The third-order valence-electron chi connectivity index (χ3n) is 13.4. The molecule has 2 aromatic heterocycles. The molecule has 13 rings (SSSR count). The Morgan fingerprint density at radius 2 is 0.465 bits per heavy atom. The topological polar surface area (TPSA) is 54.8 Å². The summed E-state index contributed by atoms with van der Waals surface area (Å²) in [5, 5.41) is 4.75. The van der Waals surface area contributed by atoms with E-state index in [1.807, 2.05) is 48.5 Å². The smallest absolute Gasteiger partial charge is 0.0973 e. The van der Waals surface area contributed by atoms with Crippen LogP contribution in [0.5, 0.6) is 0 Å². The number of para-hydroxylation sites is 5. The third kappa shape index (κ3) is 8.01. The highest BCUT2D eigenvalue weighted by atomic mass is 15.1. The lowest BCUT2D eigenvalue weighted by atomic mass is 9.98. The van der Waals surface area contributed by atoms with Crippen molar-refractivity contribution in [1.29, 1.82) is 0 Å². The molecule has 0 aliphatic carbocycles. The summed E-state index contributed by atoms with van der Waals surface area (Å²) in [5.41, 5.74) is 18.8. The van der Waals surface area contributed by atoms with Crippen molar-refractivity contribution in [3.63, 3.8) is 0 Å². The van der Waals surface area contributed by atoms with E-state index in [2.05, 4.69) is 217 Å². The molecule has 13 aromatic rings. The van der Waals surface area contributed by atoms with Gasteiger partial charge in [0.2, 0.25) is 0 Å². The maximum Gasteiger partial charge on any atom is 0.0973 e. The van der Waals surface area contributed by atoms with E-state index in [1.54, 1.807) is 0 Å². The number of anilines is 3. The molecule has 2 heterocycles. The number of benzene rings is 11. The summed E-state index contributed by atoms with van der Waals surface area (Å²) in [4.78, 5) is 23.0. The van der Waals surface area contributed by atoms with E-state index < -0.39 is 0 Å². The summed E-state index contributed by atoms with van der Waals surface area (Å²) in [6.07, 6.45) is 0. The second-order valence-electron chi connectivity index (χ2n) is 17.9. The zero-order valence-corrected chi connectivity index (χ0v) is 38.6. The summed E-state index contributed by atoms with van der Waals surface area (Å²) in [6, 6.07) is 91.7. The monoisotopic (exact) mass is 905 g/mol. The minimum absolute atomic E-state index is 0.865. The molecule has 0 fully saturated rings. The molecule has 332 valence electrons. The minimum atomic E-state index is 0.865. The lowest BCUT2D eigenvalue weighted by Gasteiger charge is -2.26. The van der Waals surface area contributed by atoms with Crippen molar-refractivity contribution >= 4 is 60.7 Å². The van der Waals surface area contributed by atoms with E-state index in [-0.39, 0.29) is 0 Å². The zero-order chi connectivity index (χ0) is 47.1. The first-order chi connectivity index (χ1) is 35.1. The van der Waals surface area contributed by atoms with E-state index >= 15 is 0 Å². The molecule has 0 aliphatic rings. The molecular formula is C66H43N5. The molecule has 0 saturated carbocycles. The highest BCUT2D eigenvalue weighted by Crippen LogP contribution is 2.39. The van der Waals surface area contributed by atoms with Crippen molar-refractivity contribution in [2.24, 2.45) is 0 Å². The number of hydrogen-bond acceptors (Lipinski definition) is 5. The van der Waals surface area contributed by atoms with Gasteiger partial charge in [-0.1, -0.05) is 188 Å². The summed E-state index contributed by atoms with van der Waals surface area (Å²) in [7, 11) is 0. The standard InChI is InChI=1S/C66H43N5/c1-2-16-56(17-3-1)71(57-38-34-48(35-39-57)46-22-28-50(29-23-46)63-65(69-61-20-10-8-18-59(61)67-63)54-32-26-44-12-4-6-14-52(44)42-54)58-40-36-49(37-41-58)47-24-30-51(31-25-47)64-66(70-62-21-11-9-19-60(62)68-64)55-33-27-45-13-5-7-15-53(45)43-55/h1-43H. The number of aromatic nitrogens is 4. The van der Waals surface area contributed by atoms with E-state index in [0.29, 0.717) is 0 Å². The second kappa shape index (κ2) is 17.8. The molecule has 5 nitrogen and oxygen atoms in total. The van der Waals surface area contributed by atoms with Gasteiger partial charge in [-0.25, -0.2) is 19.9 Å². The molecule has 0 saturated heterocycles. The van der Waals surface area contributed by atoms with Crippen molar-refractivity contribution in [2.75, 3.05) is 4.90 Å². The van der Waals surface area contributed by atoms with Crippen LogP contribution >= 0.6 is 0 Å². The van der Waals surface area contributed by atoms with Gasteiger partial charge in [0.25, 0.3) is 0 Å². The van der Waals surface area contributed by atoms with Crippen molar-refractivity contribution in [1.82, 2.24) is 19.9 Å². The average Bonchev–Trinajstić information content (AvgIpc) is 3.45. The van der Waals surface area contributed by atoms with Crippen LogP contribution in [0, 0.1) is 0 Å². The van der Waals surface area contributed by atoms with Gasteiger partial charge in [0.15, 0.2) is 0 Å². The first kappa shape index (κ1) is 41.6. The predicted octanol–water partition coefficient (Wildman–Crippen LogP) is 17.4. The predicted molar refractivity (Wildman–Crippen MR) is 295 cm³/mol. The molecule has 0 N–H and O–H groups in total. The van der Waals surface area contributed by atoms with E-state index in [4.69, 9.17) is 19.9 Å². The van der Waals surface area contributed by atoms with Crippen LogP contribution in [0.15, 0.2) is 261 Å². The fraction of sp³-hybridized carbons (Fsp3) is 0. The average molecular weight is 906 g/mol. The highest BCUT2D eigenvalue weighted by Gasteiger charge is 2.18. The fourth-order valence-electron chi connectivity index (χ4n) is 9.75. The molecule has 0 atom stereocenters. The molecule has 11 aromatic carbocycles. The molecule has 0 radical (unpaired) electrons. The lowest BCUT2D eigenvalue weighted by Crippen LogP contribution is -2.09. The fourth-order valence-corrected chi connectivity index (χ4v) is 9.75. The zero-order valence-electron chi connectivity index (χ0n) is 38.6. The van der Waals surface area contributed by atoms with Crippen LogP contribution in [-0.2, 0) is 0 Å². The molecule has 0 aliphatic heterocycles. The molecule has 0 amide bonds. The third-order valence-corrected chi connectivity index (χ3v) is 13.4. The summed E-state index contributed by atoms with van der Waals surface area (Å²) < 4.78 is 0. The van der Waals surface area contributed by atoms with Gasteiger partial charge in [0.05, 0.1) is 44.8 Å². The van der Waals surface area contributed by atoms with Crippen LogP contribution in [0.1, 0.15) is 0 Å². The van der Waals surface area contributed by atoms with Gasteiger partial charge >= 0.3 is 0 Å². The summed E-state index contributed by atoms with van der Waals surface area (Å²) in [6.45, 7) is 0. The number of rotatable bonds is 9. The highest BCUT2D eigenvalue weighted by molar-refractivity contribution is 5.94. The van der Waals surface area contributed by atoms with Crippen molar-refractivity contribution < 1.29 is 0 Å². The largest absolute Gasteiger partial charge is 0.311 e. The van der Waals surface area contributed by atoms with Crippen LogP contribution in [0.3, 0.4) is 0 Å². The Labute approximate surface area is 411 Å². The Balaban J connectivity index is 0.783. The van der Waals surface area contributed by atoms with Gasteiger partial charge in [-0.2, -0.15) is 0 Å². The normalized spacial score (nSPS) is 11.4. The molecule has 0 unspecified atom stereocenters. The number of fused-ring (bicyclic) bond motifs is 4. The Morgan fingerprint density at radius 3 is 0.845 bits per heavy atom. The Kier molecular flexibility index (Phi) is 10.4. The molecular weight excluding hydrogens is 863 g/mol. The molecule has 0 bridgehead atoms. The van der Waals surface area contributed by atoms with Gasteiger partial charge in [-0.3, -0.25) is 0 Å². The van der Waals surface area contributed by atoms with Crippen LogP contribution < -0.4 is 4.90 Å². The molecule has 5 heteroatoms. The maximum atomic E-state index is 5.19. The van der Waals surface area contributed by atoms with Crippen LogP contribution in [0.2, 0.25) is 0 Å². The van der Waals surface area contributed by atoms with Gasteiger partial charge in [0, 0.05) is 39.3 Å². The van der Waals surface area contributed by atoms with Crippen molar-refractivity contribution in [3.05, 3.63) is 261 Å². The van der Waals surface area contributed by atoms with Crippen LogP contribution in [-0.4, -0.2) is 19.9 Å². The second-order valence-corrected chi connectivity index (χ2v) is 17.9.